The van der Waals surface area contributed by atoms with Crippen molar-refractivity contribution in [3.63, 3.8) is 0 Å². The van der Waals surface area contributed by atoms with E-state index in [4.69, 9.17) is 15.2 Å². The van der Waals surface area contributed by atoms with Gasteiger partial charge in [-0.15, -0.1) is 12.4 Å². The number of halogens is 1. The van der Waals surface area contributed by atoms with Crippen LogP contribution in [-0.2, 0) is 30.3 Å². The topological polar surface area (TPSA) is 124 Å². The number of carbonyl (C=O) groups excluding carboxylic acids is 3. The summed E-state index contributed by atoms with van der Waals surface area (Å²) in [5.41, 5.74) is 7.75. The molecule has 1 heterocycles. The molecule has 0 aliphatic rings. The van der Waals surface area contributed by atoms with Crippen LogP contribution in [0.2, 0.25) is 0 Å². The molecule has 0 bridgehead atoms. The third kappa shape index (κ3) is 10.7. The number of aromatic amines is 1. The van der Waals surface area contributed by atoms with E-state index in [1.54, 1.807) is 0 Å². The van der Waals surface area contributed by atoms with Gasteiger partial charge in [0.1, 0.15) is 12.1 Å². The second-order valence-electron chi connectivity index (χ2n) is 9.53. The van der Waals surface area contributed by atoms with Gasteiger partial charge in [-0.2, -0.15) is 0 Å². The fourth-order valence-corrected chi connectivity index (χ4v) is 3.38. The monoisotopic (exact) mass is 509 g/mol. The first kappa shape index (κ1) is 30.5. The predicted molar refractivity (Wildman–Crippen MR) is 139 cm³/mol. The molecule has 0 radical (unpaired) electrons. The van der Waals surface area contributed by atoms with Gasteiger partial charge in [0.25, 0.3) is 0 Å². The Balaban J connectivity index is 0.00000612. The van der Waals surface area contributed by atoms with Crippen LogP contribution in [0.5, 0.6) is 0 Å². The Morgan fingerprint density at radius 3 is 2.17 bits per heavy atom. The molecule has 0 saturated heterocycles. The number of rotatable bonds is 14. The molecule has 2 aromatic rings. The summed E-state index contributed by atoms with van der Waals surface area (Å²) in [6, 6.07) is 6.05. The van der Waals surface area contributed by atoms with Gasteiger partial charge in [0.2, 0.25) is 5.91 Å². The zero-order valence-electron chi connectivity index (χ0n) is 21.2. The normalized spacial score (nSPS) is 12.8. The van der Waals surface area contributed by atoms with Crippen molar-refractivity contribution in [2.45, 2.75) is 71.9 Å². The van der Waals surface area contributed by atoms with E-state index in [0.717, 1.165) is 29.3 Å². The van der Waals surface area contributed by atoms with Crippen molar-refractivity contribution in [2.24, 2.45) is 17.6 Å². The first-order valence-electron chi connectivity index (χ1n) is 12.1. The number of para-hydroxylation sites is 1. The summed E-state index contributed by atoms with van der Waals surface area (Å²) in [6.45, 7) is 8.79. The number of nitrogens with two attached hydrogens (primary N) is 1. The molecule has 0 spiro atoms. The fraction of sp³-hybridized carbons (Fsp3) is 0.577. The second-order valence-corrected chi connectivity index (χ2v) is 9.53. The molecule has 8 nitrogen and oxygen atoms in total. The molecule has 2 atom stereocenters. The number of esters is 2. The molecular weight excluding hydrogens is 470 g/mol. The van der Waals surface area contributed by atoms with Crippen LogP contribution in [-0.4, -0.2) is 48.1 Å². The van der Waals surface area contributed by atoms with Gasteiger partial charge in [-0.05, 0) is 42.7 Å². The average Bonchev–Trinajstić information content (AvgIpc) is 3.19. The van der Waals surface area contributed by atoms with Crippen molar-refractivity contribution < 1.29 is 23.9 Å². The summed E-state index contributed by atoms with van der Waals surface area (Å²) < 4.78 is 10.6. The third-order valence-corrected chi connectivity index (χ3v) is 5.58. The van der Waals surface area contributed by atoms with Crippen molar-refractivity contribution >= 4 is 41.2 Å². The standard InChI is InChI=1S/C26H39N3O5.ClH/c1-17(2)11-13-33-25(31)21(27)9-10-24(30)29-23(26(32)34-14-12-18(3)4)15-19-16-28-22-8-6-5-7-20(19)22;/h5-8,16-18,21,23,28H,9-15,27H2,1-4H3,(H,29,30);1H/t21-,23-;/m1./s1. The maximum atomic E-state index is 12.8. The molecule has 1 amide bonds. The SMILES string of the molecule is CC(C)CCOC(=O)[C@H](N)CCC(=O)N[C@H](Cc1c[nH]c2ccccc12)C(=O)OCCC(C)C.Cl. The van der Waals surface area contributed by atoms with E-state index in [0.29, 0.717) is 31.5 Å². The van der Waals surface area contributed by atoms with Crippen molar-refractivity contribution in [3.05, 3.63) is 36.0 Å². The summed E-state index contributed by atoms with van der Waals surface area (Å²) in [5.74, 6) is -0.537. The van der Waals surface area contributed by atoms with E-state index in [-0.39, 0.29) is 31.2 Å². The molecule has 4 N–H and O–H groups in total. The maximum Gasteiger partial charge on any atom is 0.328 e. The van der Waals surface area contributed by atoms with Crippen LogP contribution in [0.1, 0.15) is 58.9 Å². The lowest BCUT2D eigenvalue weighted by Crippen LogP contribution is -2.44. The molecule has 196 valence electrons. The summed E-state index contributed by atoms with van der Waals surface area (Å²) in [5, 5.41) is 3.76. The van der Waals surface area contributed by atoms with Crippen molar-refractivity contribution in [3.8, 4) is 0 Å². The quantitative estimate of drug-likeness (QED) is 0.332. The van der Waals surface area contributed by atoms with Crippen molar-refractivity contribution in [2.75, 3.05) is 13.2 Å². The van der Waals surface area contributed by atoms with Crippen LogP contribution in [0.15, 0.2) is 30.5 Å². The number of ether oxygens (including phenoxy) is 2. The summed E-state index contributed by atoms with van der Waals surface area (Å²) in [6.07, 6.45) is 3.77. The molecule has 0 aliphatic carbocycles. The van der Waals surface area contributed by atoms with E-state index in [9.17, 15) is 14.4 Å². The molecule has 0 aliphatic heterocycles. The van der Waals surface area contributed by atoms with Gasteiger partial charge >= 0.3 is 11.9 Å². The van der Waals surface area contributed by atoms with Crippen LogP contribution in [0.3, 0.4) is 0 Å². The van der Waals surface area contributed by atoms with E-state index < -0.39 is 24.0 Å². The van der Waals surface area contributed by atoms with Crippen LogP contribution in [0, 0.1) is 11.8 Å². The Morgan fingerprint density at radius 2 is 1.54 bits per heavy atom. The first-order chi connectivity index (χ1) is 16.2. The smallest absolute Gasteiger partial charge is 0.328 e. The first-order valence-corrected chi connectivity index (χ1v) is 12.1. The van der Waals surface area contributed by atoms with Gasteiger partial charge < -0.3 is 25.5 Å². The predicted octanol–water partition coefficient (Wildman–Crippen LogP) is 3.90. The van der Waals surface area contributed by atoms with Crippen molar-refractivity contribution in [1.82, 2.24) is 10.3 Å². The van der Waals surface area contributed by atoms with Gasteiger partial charge in [0.05, 0.1) is 13.2 Å². The number of hydrogen-bond donors (Lipinski definition) is 3. The lowest BCUT2D eigenvalue weighted by molar-refractivity contribution is -0.148. The minimum Gasteiger partial charge on any atom is -0.465 e. The Kier molecular flexibility index (Phi) is 13.4. The Morgan fingerprint density at radius 1 is 0.943 bits per heavy atom. The molecule has 0 unspecified atom stereocenters. The Hall–Kier alpha value is -2.58. The summed E-state index contributed by atoms with van der Waals surface area (Å²) >= 11 is 0. The lowest BCUT2D eigenvalue weighted by Gasteiger charge is -2.19. The van der Waals surface area contributed by atoms with Gasteiger partial charge in [0.15, 0.2) is 0 Å². The summed E-state index contributed by atoms with van der Waals surface area (Å²) in [7, 11) is 0. The third-order valence-electron chi connectivity index (χ3n) is 5.58. The molecule has 9 heteroatoms. The highest BCUT2D eigenvalue weighted by molar-refractivity contribution is 5.87. The highest BCUT2D eigenvalue weighted by atomic mass is 35.5. The highest BCUT2D eigenvalue weighted by Crippen LogP contribution is 2.19. The minimum absolute atomic E-state index is 0. The van der Waals surface area contributed by atoms with E-state index in [2.05, 4.69) is 24.1 Å². The summed E-state index contributed by atoms with van der Waals surface area (Å²) in [4.78, 5) is 40.6. The fourth-order valence-electron chi connectivity index (χ4n) is 3.38. The second kappa shape index (κ2) is 15.4. The van der Waals surface area contributed by atoms with E-state index in [1.165, 1.54) is 0 Å². The number of aromatic nitrogens is 1. The molecule has 1 aromatic heterocycles. The highest BCUT2D eigenvalue weighted by Gasteiger charge is 2.25. The number of fused-ring (bicyclic) bond motifs is 1. The van der Waals surface area contributed by atoms with Crippen molar-refractivity contribution in [1.29, 1.82) is 0 Å². The van der Waals surface area contributed by atoms with Crippen LogP contribution in [0.4, 0.5) is 0 Å². The number of carbonyl (C=O) groups is 3. The van der Waals surface area contributed by atoms with E-state index >= 15 is 0 Å². The van der Waals surface area contributed by atoms with Crippen LogP contribution >= 0.6 is 12.4 Å². The van der Waals surface area contributed by atoms with Gasteiger partial charge in [-0.25, -0.2) is 4.79 Å². The largest absolute Gasteiger partial charge is 0.465 e. The molecule has 1 aromatic carbocycles. The van der Waals surface area contributed by atoms with Gasteiger partial charge in [-0.1, -0.05) is 45.9 Å². The molecule has 0 fully saturated rings. The molecule has 2 rings (SSSR count). The van der Waals surface area contributed by atoms with Gasteiger partial charge in [-0.3, -0.25) is 9.59 Å². The Bertz CT molecular complexity index is 944. The molecule has 35 heavy (non-hydrogen) atoms. The minimum atomic E-state index is -0.886. The number of benzene rings is 1. The average molecular weight is 510 g/mol. The number of H-pyrrole nitrogens is 1. The zero-order valence-corrected chi connectivity index (χ0v) is 22.0. The molecular formula is C26H40ClN3O5. The van der Waals surface area contributed by atoms with Crippen LogP contribution in [0.25, 0.3) is 10.9 Å². The number of amides is 1. The van der Waals surface area contributed by atoms with E-state index in [1.807, 2.05) is 44.3 Å². The van der Waals surface area contributed by atoms with Gasteiger partial charge in [0, 0.05) is 29.9 Å². The number of hydrogen-bond acceptors (Lipinski definition) is 6. The maximum absolute atomic E-state index is 12.8. The number of nitrogens with one attached hydrogen (secondary N) is 2. The van der Waals surface area contributed by atoms with Crippen LogP contribution < -0.4 is 11.1 Å². The molecule has 0 saturated carbocycles. The Labute approximate surface area is 214 Å². The zero-order chi connectivity index (χ0) is 25.1. The lowest BCUT2D eigenvalue weighted by atomic mass is 10.0.